The van der Waals surface area contributed by atoms with Crippen molar-refractivity contribution >= 4 is 24.2 Å². The van der Waals surface area contributed by atoms with Crippen molar-refractivity contribution in [3.63, 3.8) is 0 Å². The SMILES string of the molecule is CCOC(=O)Oc1ccc(CC(N)(C[C@H](C)OC(=O)C(C)C(C)C)C(=O)O)cc1OC(=O)OCC. The fourth-order valence-corrected chi connectivity index (χ4v) is 3.03. The van der Waals surface area contributed by atoms with Gasteiger partial charge in [0.25, 0.3) is 0 Å². The highest BCUT2D eigenvalue weighted by Crippen LogP contribution is 2.31. The van der Waals surface area contributed by atoms with E-state index in [0.29, 0.717) is 5.56 Å². The lowest BCUT2D eigenvalue weighted by Gasteiger charge is -2.29. The van der Waals surface area contributed by atoms with E-state index in [4.69, 9.17) is 29.4 Å². The van der Waals surface area contributed by atoms with Gasteiger partial charge in [-0.2, -0.15) is 0 Å². The van der Waals surface area contributed by atoms with E-state index in [1.165, 1.54) is 18.2 Å². The lowest BCUT2D eigenvalue weighted by Crippen LogP contribution is -2.52. The standard InChI is InChI=1S/C24H35NO10/c1-7-31-22(29)34-18-10-9-17(11-19(18)35-23(30)32-8-2)13-24(25,21(27)28)12-15(5)33-20(26)16(6)14(3)4/h9-11,14-16H,7-8,12-13,25H2,1-6H3,(H,27,28)/t15-,16?,24?/m0/s1. The molecule has 0 bridgehead atoms. The average Bonchev–Trinajstić information content (AvgIpc) is 2.74. The predicted molar refractivity (Wildman–Crippen MR) is 124 cm³/mol. The Kier molecular flexibility index (Phi) is 11.5. The summed E-state index contributed by atoms with van der Waals surface area (Å²) in [5, 5.41) is 9.83. The van der Waals surface area contributed by atoms with Gasteiger partial charge in [-0.1, -0.05) is 26.8 Å². The molecule has 0 saturated carbocycles. The summed E-state index contributed by atoms with van der Waals surface area (Å²) in [5.41, 5.74) is 4.76. The van der Waals surface area contributed by atoms with Gasteiger partial charge >= 0.3 is 24.2 Å². The van der Waals surface area contributed by atoms with Crippen molar-refractivity contribution in [3.8, 4) is 11.5 Å². The third kappa shape index (κ3) is 9.44. The van der Waals surface area contributed by atoms with Crippen LogP contribution in [0.2, 0.25) is 0 Å². The molecule has 0 aliphatic carbocycles. The largest absolute Gasteiger partial charge is 0.513 e. The predicted octanol–water partition coefficient (Wildman–Crippen LogP) is 3.70. The zero-order valence-electron chi connectivity index (χ0n) is 21.0. The second-order valence-electron chi connectivity index (χ2n) is 8.47. The molecular formula is C24H35NO10. The summed E-state index contributed by atoms with van der Waals surface area (Å²) in [5.74, 6) is -2.37. The highest BCUT2D eigenvalue weighted by atomic mass is 16.7. The molecule has 0 heterocycles. The average molecular weight is 498 g/mol. The fourth-order valence-electron chi connectivity index (χ4n) is 3.03. The summed E-state index contributed by atoms with van der Waals surface area (Å²) in [6.45, 7) is 10.4. The maximum absolute atomic E-state index is 12.3. The topological polar surface area (TPSA) is 161 Å². The first kappa shape index (κ1) is 29.7. The van der Waals surface area contributed by atoms with Crippen molar-refractivity contribution in [1.82, 2.24) is 0 Å². The lowest BCUT2D eigenvalue weighted by molar-refractivity contribution is -0.157. The van der Waals surface area contributed by atoms with Gasteiger partial charge in [-0.05, 0) is 44.4 Å². The van der Waals surface area contributed by atoms with Crippen LogP contribution in [-0.2, 0) is 30.2 Å². The summed E-state index contributed by atoms with van der Waals surface area (Å²) in [4.78, 5) is 47.9. The Morgan fingerprint density at radius 2 is 1.49 bits per heavy atom. The third-order valence-corrected chi connectivity index (χ3v) is 5.21. The minimum Gasteiger partial charge on any atom is -0.480 e. The molecule has 11 nitrogen and oxygen atoms in total. The van der Waals surface area contributed by atoms with E-state index in [9.17, 15) is 24.3 Å². The Bertz CT molecular complexity index is 900. The lowest BCUT2D eigenvalue weighted by atomic mass is 9.86. The summed E-state index contributed by atoms with van der Waals surface area (Å²) < 4.78 is 25.1. The van der Waals surface area contributed by atoms with E-state index in [1.807, 2.05) is 13.8 Å². The number of benzene rings is 1. The molecule has 0 amide bonds. The number of hydrogen-bond donors (Lipinski definition) is 2. The second-order valence-corrected chi connectivity index (χ2v) is 8.47. The first-order valence-corrected chi connectivity index (χ1v) is 11.4. The zero-order valence-corrected chi connectivity index (χ0v) is 21.0. The summed E-state index contributed by atoms with van der Waals surface area (Å²) >= 11 is 0. The molecule has 0 fully saturated rings. The van der Waals surface area contributed by atoms with Crippen molar-refractivity contribution in [2.24, 2.45) is 17.6 Å². The molecule has 1 rings (SSSR count). The number of carbonyl (C=O) groups excluding carboxylic acids is 3. The maximum atomic E-state index is 12.3. The molecule has 1 aromatic rings. The number of carbonyl (C=O) groups is 4. The van der Waals surface area contributed by atoms with E-state index in [-0.39, 0.29) is 49.4 Å². The number of esters is 1. The summed E-state index contributed by atoms with van der Waals surface area (Å²) in [6.07, 6.45) is -3.21. The fraction of sp³-hybridized carbons (Fsp3) is 0.583. The van der Waals surface area contributed by atoms with Gasteiger partial charge in [-0.15, -0.1) is 0 Å². The third-order valence-electron chi connectivity index (χ3n) is 5.21. The minimum atomic E-state index is -1.81. The Labute approximate surface area is 204 Å². The van der Waals surface area contributed by atoms with Gasteiger partial charge in [0.15, 0.2) is 11.5 Å². The Hall–Kier alpha value is -3.34. The van der Waals surface area contributed by atoms with E-state index in [1.54, 1.807) is 27.7 Å². The van der Waals surface area contributed by atoms with Gasteiger partial charge in [-0.3, -0.25) is 9.59 Å². The molecule has 196 valence electrons. The number of nitrogens with two attached hydrogens (primary N) is 1. The first-order valence-electron chi connectivity index (χ1n) is 11.4. The smallest absolute Gasteiger partial charge is 0.480 e. The molecule has 35 heavy (non-hydrogen) atoms. The molecule has 1 aromatic carbocycles. The van der Waals surface area contributed by atoms with Crippen LogP contribution >= 0.6 is 0 Å². The van der Waals surface area contributed by atoms with Crippen molar-refractivity contribution in [3.05, 3.63) is 23.8 Å². The molecule has 0 aromatic heterocycles. The van der Waals surface area contributed by atoms with Crippen LogP contribution in [0.15, 0.2) is 18.2 Å². The molecule has 0 saturated heterocycles. The Morgan fingerprint density at radius 1 is 0.943 bits per heavy atom. The van der Waals surface area contributed by atoms with Crippen LogP contribution in [0.25, 0.3) is 0 Å². The Balaban J connectivity index is 3.14. The highest BCUT2D eigenvalue weighted by molar-refractivity contribution is 5.79. The van der Waals surface area contributed by atoms with Crippen LogP contribution in [0, 0.1) is 11.8 Å². The van der Waals surface area contributed by atoms with Gasteiger partial charge in [-0.25, -0.2) is 9.59 Å². The second kappa shape index (κ2) is 13.5. The van der Waals surface area contributed by atoms with Crippen LogP contribution in [0.5, 0.6) is 11.5 Å². The van der Waals surface area contributed by atoms with Gasteiger partial charge < -0.3 is 34.5 Å². The molecular weight excluding hydrogens is 462 g/mol. The zero-order chi connectivity index (χ0) is 26.8. The molecule has 0 radical (unpaired) electrons. The molecule has 0 spiro atoms. The number of carboxylic acids is 1. The minimum absolute atomic E-state index is 0.0452. The van der Waals surface area contributed by atoms with Crippen LogP contribution in [-0.4, -0.2) is 54.2 Å². The van der Waals surface area contributed by atoms with E-state index < -0.39 is 35.9 Å². The molecule has 2 unspecified atom stereocenters. The highest BCUT2D eigenvalue weighted by Gasteiger charge is 2.37. The maximum Gasteiger partial charge on any atom is 0.513 e. The molecule has 0 aliphatic rings. The normalized spacial score (nSPS) is 14.3. The van der Waals surface area contributed by atoms with Crippen molar-refractivity contribution in [1.29, 1.82) is 0 Å². The Morgan fingerprint density at radius 3 is 1.97 bits per heavy atom. The van der Waals surface area contributed by atoms with Gasteiger partial charge in [0.05, 0.1) is 19.1 Å². The quantitative estimate of drug-likeness (QED) is 0.246. The van der Waals surface area contributed by atoms with Crippen molar-refractivity contribution < 1.29 is 48.0 Å². The number of carboxylic acid groups (broad SMARTS) is 1. The number of ether oxygens (including phenoxy) is 5. The number of rotatable bonds is 12. The van der Waals surface area contributed by atoms with Crippen molar-refractivity contribution in [2.75, 3.05) is 13.2 Å². The van der Waals surface area contributed by atoms with E-state index >= 15 is 0 Å². The van der Waals surface area contributed by atoms with Crippen LogP contribution < -0.4 is 15.2 Å². The summed E-state index contributed by atoms with van der Waals surface area (Å²) in [6, 6.07) is 4.10. The van der Waals surface area contributed by atoms with Crippen LogP contribution in [0.3, 0.4) is 0 Å². The van der Waals surface area contributed by atoms with Crippen LogP contribution in [0.4, 0.5) is 9.59 Å². The first-order chi connectivity index (χ1) is 16.3. The number of hydrogen-bond acceptors (Lipinski definition) is 10. The molecule has 3 N–H and O–H groups in total. The van der Waals surface area contributed by atoms with E-state index in [2.05, 4.69) is 0 Å². The van der Waals surface area contributed by atoms with Crippen LogP contribution in [0.1, 0.15) is 53.5 Å². The monoisotopic (exact) mass is 497 g/mol. The number of aliphatic carboxylic acids is 1. The molecule has 3 atom stereocenters. The van der Waals surface area contributed by atoms with Crippen molar-refractivity contribution in [2.45, 2.75) is 66.0 Å². The van der Waals surface area contributed by atoms with Gasteiger partial charge in [0, 0.05) is 12.8 Å². The van der Waals surface area contributed by atoms with E-state index in [0.717, 1.165) is 0 Å². The molecule has 0 aliphatic heterocycles. The van der Waals surface area contributed by atoms with Gasteiger partial charge in [0.2, 0.25) is 0 Å². The van der Waals surface area contributed by atoms with Gasteiger partial charge in [0.1, 0.15) is 11.6 Å². The molecule has 11 heteroatoms. The summed E-state index contributed by atoms with van der Waals surface area (Å²) in [7, 11) is 0.